The smallest absolute Gasteiger partial charge is 0.323 e. The molecule has 0 radical (unpaired) electrons. The Labute approximate surface area is 74.1 Å². The lowest BCUT2D eigenvalue weighted by Crippen LogP contribution is -2.38. The fourth-order valence-electron chi connectivity index (χ4n) is 0.667. The summed E-state index contributed by atoms with van der Waals surface area (Å²) in [7, 11) is 0. The van der Waals surface area contributed by atoms with Gasteiger partial charge in [0.2, 0.25) is 5.91 Å². The second kappa shape index (κ2) is 4.91. The molecule has 0 saturated heterocycles. The van der Waals surface area contributed by atoms with E-state index in [0.29, 0.717) is 4.90 Å². The number of carbonyl (C=O) groups excluding carboxylic acids is 1. The minimum Gasteiger partial charge on any atom is -0.480 e. The van der Waals surface area contributed by atoms with Gasteiger partial charge in [0.25, 0.3) is 0 Å². The van der Waals surface area contributed by atoms with Gasteiger partial charge in [-0.1, -0.05) is 6.58 Å². The zero-order valence-electron chi connectivity index (χ0n) is 6.77. The quantitative estimate of drug-likeness (QED) is 0.548. The monoisotopic (exact) mass is 187 g/mol. The molecule has 0 aliphatic carbocycles. The first-order chi connectivity index (χ1) is 5.97. The molecule has 0 bridgehead atoms. The van der Waals surface area contributed by atoms with Crippen LogP contribution in [0, 0.1) is 0 Å². The van der Waals surface area contributed by atoms with Crippen LogP contribution in [-0.4, -0.2) is 46.0 Å². The first-order valence-electron chi connectivity index (χ1n) is 3.32. The molecule has 72 valence electrons. The summed E-state index contributed by atoms with van der Waals surface area (Å²) in [5, 5.41) is 16.6. The van der Waals surface area contributed by atoms with Crippen LogP contribution in [0.4, 0.5) is 0 Å². The summed E-state index contributed by atoms with van der Waals surface area (Å²) in [5.74, 6) is -3.25. The van der Waals surface area contributed by atoms with E-state index >= 15 is 0 Å². The van der Waals surface area contributed by atoms with Crippen molar-refractivity contribution in [2.24, 2.45) is 0 Å². The lowest BCUT2D eigenvalue weighted by atomic mass is 10.4. The van der Waals surface area contributed by atoms with Crippen LogP contribution in [-0.2, 0) is 14.4 Å². The molecule has 1 amide bonds. The van der Waals surface area contributed by atoms with E-state index in [9.17, 15) is 14.4 Å². The summed E-state index contributed by atoms with van der Waals surface area (Å²) >= 11 is 0. The average molecular weight is 187 g/mol. The number of hydrogen-bond acceptors (Lipinski definition) is 3. The van der Waals surface area contributed by atoms with Gasteiger partial charge in [-0.3, -0.25) is 14.4 Å². The van der Waals surface area contributed by atoms with Crippen molar-refractivity contribution in [2.75, 3.05) is 13.1 Å². The molecular weight excluding hydrogens is 178 g/mol. The van der Waals surface area contributed by atoms with E-state index in [1.165, 1.54) is 0 Å². The maximum Gasteiger partial charge on any atom is 0.323 e. The molecule has 0 unspecified atom stereocenters. The van der Waals surface area contributed by atoms with Gasteiger partial charge < -0.3 is 15.1 Å². The SMILES string of the molecule is C=CC(=O)N(CC(=O)O)CC(=O)O. The van der Waals surface area contributed by atoms with Gasteiger partial charge in [0.05, 0.1) is 0 Å². The van der Waals surface area contributed by atoms with Crippen LogP contribution >= 0.6 is 0 Å². The van der Waals surface area contributed by atoms with Crippen molar-refractivity contribution in [1.29, 1.82) is 0 Å². The van der Waals surface area contributed by atoms with Crippen LogP contribution in [0.5, 0.6) is 0 Å². The number of amides is 1. The Bertz CT molecular complexity index is 231. The first-order valence-corrected chi connectivity index (χ1v) is 3.32. The van der Waals surface area contributed by atoms with Crippen LogP contribution in [0.2, 0.25) is 0 Å². The minimum absolute atomic E-state index is 0.642. The fourth-order valence-corrected chi connectivity index (χ4v) is 0.667. The number of rotatable bonds is 5. The van der Waals surface area contributed by atoms with Gasteiger partial charge in [-0.2, -0.15) is 0 Å². The van der Waals surface area contributed by atoms with E-state index in [-0.39, 0.29) is 0 Å². The van der Waals surface area contributed by atoms with E-state index < -0.39 is 30.9 Å². The maximum atomic E-state index is 10.9. The molecule has 0 atom stereocenters. The van der Waals surface area contributed by atoms with Crippen molar-refractivity contribution in [3.63, 3.8) is 0 Å². The Morgan fingerprint density at radius 3 is 1.77 bits per heavy atom. The van der Waals surface area contributed by atoms with Crippen LogP contribution in [0.1, 0.15) is 0 Å². The summed E-state index contributed by atoms with van der Waals surface area (Å²) in [4.78, 5) is 31.9. The molecule has 0 aliphatic rings. The Hall–Kier alpha value is -1.85. The molecule has 0 aromatic heterocycles. The number of hydrogen-bond donors (Lipinski definition) is 2. The Morgan fingerprint density at radius 2 is 1.54 bits per heavy atom. The lowest BCUT2D eigenvalue weighted by Gasteiger charge is -2.15. The van der Waals surface area contributed by atoms with E-state index in [0.717, 1.165) is 6.08 Å². The topological polar surface area (TPSA) is 94.9 Å². The third-order valence-corrected chi connectivity index (χ3v) is 1.14. The van der Waals surface area contributed by atoms with Gasteiger partial charge in [-0.15, -0.1) is 0 Å². The molecular formula is C7H9NO5. The predicted molar refractivity (Wildman–Crippen MR) is 42.0 cm³/mol. The number of aliphatic carboxylic acids is 2. The van der Waals surface area contributed by atoms with Crippen molar-refractivity contribution >= 4 is 17.8 Å². The van der Waals surface area contributed by atoms with Crippen molar-refractivity contribution < 1.29 is 24.6 Å². The summed E-state index contributed by atoms with van der Waals surface area (Å²) in [6.45, 7) is 1.84. The second-order valence-electron chi connectivity index (χ2n) is 2.19. The maximum absolute atomic E-state index is 10.9. The molecule has 0 aliphatic heterocycles. The highest BCUT2D eigenvalue weighted by Crippen LogP contribution is 1.90. The van der Waals surface area contributed by atoms with Gasteiger partial charge in [0.15, 0.2) is 0 Å². The molecule has 0 saturated carbocycles. The minimum atomic E-state index is -1.27. The number of carboxylic acids is 2. The van der Waals surface area contributed by atoms with Crippen LogP contribution in [0.3, 0.4) is 0 Å². The van der Waals surface area contributed by atoms with E-state index in [1.807, 2.05) is 0 Å². The molecule has 0 aromatic carbocycles. The first kappa shape index (κ1) is 11.2. The van der Waals surface area contributed by atoms with E-state index in [2.05, 4.69) is 6.58 Å². The summed E-state index contributed by atoms with van der Waals surface area (Å²) in [6, 6.07) is 0. The van der Waals surface area contributed by atoms with Gasteiger partial charge in [0, 0.05) is 0 Å². The highest BCUT2D eigenvalue weighted by atomic mass is 16.4. The van der Waals surface area contributed by atoms with Gasteiger partial charge in [0.1, 0.15) is 13.1 Å². The number of carbonyl (C=O) groups is 3. The molecule has 6 nitrogen and oxygen atoms in total. The normalized spacial score (nSPS) is 8.92. The summed E-state index contributed by atoms with van der Waals surface area (Å²) in [6.07, 6.45) is 0.867. The van der Waals surface area contributed by atoms with Gasteiger partial charge >= 0.3 is 11.9 Å². The number of nitrogens with zero attached hydrogens (tertiary/aromatic N) is 1. The third-order valence-electron chi connectivity index (χ3n) is 1.14. The molecule has 6 heteroatoms. The highest BCUT2D eigenvalue weighted by molar-refractivity contribution is 5.91. The van der Waals surface area contributed by atoms with Crippen molar-refractivity contribution in [2.45, 2.75) is 0 Å². The molecule has 13 heavy (non-hydrogen) atoms. The zero-order valence-corrected chi connectivity index (χ0v) is 6.77. The fraction of sp³-hybridized carbons (Fsp3) is 0.286. The molecule has 0 spiro atoms. The molecule has 0 aromatic rings. The molecule has 0 heterocycles. The molecule has 2 N–H and O–H groups in total. The highest BCUT2D eigenvalue weighted by Gasteiger charge is 2.16. The van der Waals surface area contributed by atoms with Crippen LogP contribution in [0.25, 0.3) is 0 Å². The zero-order chi connectivity index (χ0) is 10.4. The largest absolute Gasteiger partial charge is 0.480 e. The van der Waals surface area contributed by atoms with Crippen molar-refractivity contribution in [3.8, 4) is 0 Å². The lowest BCUT2D eigenvalue weighted by molar-refractivity contribution is -0.147. The van der Waals surface area contributed by atoms with Crippen molar-refractivity contribution in [1.82, 2.24) is 4.90 Å². The predicted octanol–water partition coefficient (Wildman–Crippen LogP) is -0.830. The molecule has 0 rings (SSSR count). The van der Waals surface area contributed by atoms with E-state index in [4.69, 9.17) is 10.2 Å². The van der Waals surface area contributed by atoms with E-state index in [1.54, 1.807) is 0 Å². The number of carboxylic acid groups (broad SMARTS) is 2. The second-order valence-corrected chi connectivity index (χ2v) is 2.19. The van der Waals surface area contributed by atoms with Crippen molar-refractivity contribution in [3.05, 3.63) is 12.7 Å². The standard InChI is InChI=1S/C7H9NO5/c1-2-5(9)8(3-6(10)11)4-7(12)13/h2H,1,3-4H2,(H,10,11)(H,12,13). The summed E-state index contributed by atoms with van der Waals surface area (Å²) in [5.41, 5.74) is 0. The Balaban J connectivity index is 4.35. The average Bonchev–Trinajstić information content (AvgIpc) is 2.00. The Kier molecular flexibility index (Phi) is 4.21. The van der Waals surface area contributed by atoms with Gasteiger partial charge in [-0.25, -0.2) is 0 Å². The van der Waals surface area contributed by atoms with Crippen LogP contribution in [0.15, 0.2) is 12.7 Å². The summed E-state index contributed by atoms with van der Waals surface area (Å²) < 4.78 is 0. The van der Waals surface area contributed by atoms with Gasteiger partial charge in [-0.05, 0) is 6.08 Å². The Morgan fingerprint density at radius 1 is 1.15 bits per heavy atom. The third kappa shape index (κ3) is 4.57. The molecule has 0 fully saturated rings. The van der Waals surface area contributed by atoms with Crippen LogP contribution < -0.4 is 0 Å².